The molecule has 0 aromatic heterocycles. The van der Waals surface area contributed by atoms with Crippen molar-refractivity contribution in [3.63, 3.8) is 0 Å². The molecule has 772 valence electrons. The van der Waals surface area contributed by atoms with Crippen LogP contribution in [0.3, 0.4) is 0 Å². The van der Waals surface area contributed by atoms with E-state index in [1.54, 1.807) is 0 Å². The summed E-state index contributed by atoms with van der Waals surface area (Å²) in [5, 5.41) is -168. The van der Waals surface area contributed by atoms with E-state index in [2.05, 4.69) is 11.7 Å². The van der Waals surface area contributed by atoms with Crippen molar-refractivity contribution >= 4 is 1190 Å². The van der Waals surface area contributed by atoms with Crippen LogP contribution in [0, 0.1) is 0 Å². The van der Waals surface area contributed by atoms with Crippen molar-refractivity contribution in [2.75, 3.05) is 0 Å². The van der Waals surface area contributed by atoms with Crippen LogP contribution in [-0.2, 0) is 1160 Å². The zero-order valence-corrected chi connectivity index (χ0v) is 157. The third-order valence-electron chi connectivity index (χ3n) is 10.4. The molecule has 0 aliphatic carbocycles. The fraction of sp³-hybridized carbons (Fsp3) is 0. The summed E-state index contributed by atoms with van der Waals surface area (Å²) in [4.78, 5) is 0. The standard InChI is InChI=1S/BHS128/c2-1-88(3,4)90(8,9)92(12,13)94(16,17)96(20,21)98(24,25)100(28,29)102(32,33)104(36,37)106(40,41)108(44,45)110(48,49)112(52,53)114(56,57)116(60,61)118(64,65)120(68,69)122(72,73)124(76,77)126(80,81)128(84,85)129(86,87)127(82,83)125(78,79)123(74,75)121(70,71)119(66,67)117(62,63)115(58,59)113(54,55)111(50,51)109(46,47)107(42,43)105(38,39)103(34,35)101(30,31)99(26,27)97(22,23)95(18,19)93(14,15)91(10,11)89(5,6)7/h(H,5,6,7). The SMILES string of the molecule is S=BS(=S)(=S)S(=S)(=S)S(=S)(=S)S(=S)(=S)S(=S)(=S)S(=S)(=S)S(=S)(=S)S(=S)(=S)S(=S)(=S)S(=S)(=S)S(=S)(=S)S(=S)(=S)S(=S)(=S)S(=S)(=S)S(=S)(=S)S(=S)(=S)S(=S)(=S)S(=S)(=S)S(=S)(=S)S(=S)(=S)S(=S)(=S)S(=S)(=S)S(=S)(=S)S(=S)(=S)S(=S)(=S)S(=S)(=S)S(=S)(=S)S(=S)(=S)S(=S)(=S)S(=S)(=S)S(=S)(=S)S(=S)(=S)S(=S)(=S)S(=S)(=S)S(=S)(=S)S(=S)(=S)S(=S)(=S)S(=S)(=S)S(=S)(=S)S(=S)(=S)S(=S)(=S)S(=S)(=S)S. The molecule has 0 saturated heterocycles. The summed E-state index contributed by atoms with van der Waals surface area (Å²) in [5.74, 6) is 0. The van der Waals surface area contributed by atoms with Crippen molar-refractivity contribution in [1.29, 1.82) is 0 Å². The summed E-state index contributed by atoms with van der Waals surface area (Å²) < 4.78 is 0. The minimum absolute atomic E-state index is 1.01. The molecule has 0 atom stereocenters. The van der Waals surface area contributed by atoms with Gasteiger partial charge in [-0.3, -0.25) is 0 Å². The molecule has 0 bridgehead atoms. The summed E-state index contributed by atoms with van der Waals surface area (Å²) in [7, 11) is 0. The number of thiol groups is 1. The first-order valence-corrected chi connectivity index (χ1v) is 191. The molecular weight excluding hydrogens is 4120 g/mol. The quantitative estimate of drug-likeness (QED) is 0.0508. The molecule has 129 heteroatoms. The molecule has 0 aliphatic rings. The van der Waals surface area contributed by atoms with Gasteiger partial charge in [-0.15, -0.1) is 0 Å². The van der Waals surface area contributed by atoms with E-state index < -0.39 is 220 Å². The molecule has 0 amide bonds. The van der Waals surface area contributed by atoms with Gasteiger partial charge in [0.05, 0.1) is 0 Å². The van der Waals surface area contributed by atoms with Gasteiger partial charge < -0.3 is 0 Å². The summed E-state index contributed by atoms with van der Waals surface area (Å²) in [6.07, 6.45) is 0. The van der Waals surface area contributed by atoms with Crippen LogP contribution in [-0.4, -0.2) is 5.43 Å². The Hall–Kier alpha value is 33.8. The Morgan fingerprint density at radius 1 is 0.0853 bits per heavy atom. The molecule has 0 N–H and O–H groups in total. The fourth-order valence-electron chi connectivity index (χ4n) is 4.15. The van der Waals surface area contributed by atoms with Crippen molar-refractivity contribution in [2.24, 2.45) is 0 Å². The first kappa shape index (κ1) is 163. The molecule has 0 aliphatic heterocycles. The van der Waals surface area contributed by atoms with Crippen LogP contribution < -0.4 is 0 Å². The second kappa shape index (κ2) is 50.9. The molecule has 0 spiro atoms. The van der Waals surface area contributed by atoms with Gasteiger partial charge in [0.1, 0.15) is 0 Å². The maximum absolute atomic E-state index is 6.29. The molecule has 0 heterocycles. The Morgan fingerprint density at radius 2 is 0.132 bits per heavy atom. The number of hydrogen-bond donors (Lipinski definition) is 1. The maximum atomic E-state index is 6.29. The van der Waals surface area contributed by atoms with E-state index in [9.17, 15) is 0 Å². The van der Waals surface area contributed by atoms with E-state index in [1.165, 1.54) is 0 Å². The van der Waals surface area contributed by atoms with E-state index in [-0.39, 0.29) is 0 Å². The second-order valence-electron chi connectivity index (χ2n) is 17.3. The van der Waals surface area contributed by atoms with Crippen LogP contribution in [0.25, 0.3) is 0 Å². The predicted molar refractivity (Wildman–Crippen MR) is 950 cm³/mol. The van der Waals surface area contributed by atoms with E-state index in [1.807, 2.05) is 0 Å². The minimum atomic E-state index is -4.34. The molecule has 0 unspecified atom stereocenters. The van der Waals surface area contributed by atoms with Crippen LogP contribution in [0.4, 0.5) is 0 Å². The van der Waals surface area contributed by atoms with Crippen molar-refractivity contribution in [3.05, 3.63) is 0 Å². The average molecular weight is 4120 g/mol. The number of rotatable bonds is 42. The molecule has 0 fully saturated rings. The van der Waals surface area contributed by atoms with E-state index in [4.69, 9.17) is 952 Å². The monoisotopic (exact) mass is 4100 g/mol. The molecule has 0 aromatic carbocycles. The zero-order chi connectivity index (χ0) is 108. The van der Waals surface area contributed by atoms with Crippen molar-refractivity contribution in [3.8, 4) is 0 Å². The van der Waals surface area contributed by atoms with Gasteiger partial charge in [-0.25, -0.2) is 0 Å². The van der Waals surface area contributed by atoms with Gasteiger partial charge in [0.15, 0.2) is 0 Å². The summed E-state index contributed by atoms with van der Waals surface area (Å²) in [6, 6.07) is -3.08. The van der Waals surface area contributed by atoms with Crippen LogP contribution in [0.15, 0.2) is 0 Å². The Bertz CT molecular complexity index is 10200. The first-order valence-electron chi connectivity index (χ1n) is 21.5. The summed E-state index contributed by atoms with van der Waals surface area (Å²) >= 11 is 525. The predicted octanol–water partition coefficient (Wildman–Crippen LogP) is 0.345. The van der Waals surface area contributed by atoms with Gasteiger partial charge in [0.25, 0.3) is 0 Å². The first-order chi connectivity index (χ1) is 53.8. The Labute approximate surface area is 1150 Å². The van der Waals surface area contributed by atoms with Gasteiger partial charge in [-0.05, 0) is 694 Å². The van der Waals surface area contributed by atoms with Crippen LogP contribution in [0.2, 0.25) is 0 Å². The second-order valence-corrected chi connectivity index (χ2v) is 461. The fourth-order valence-corrected chi connectivity index (χ4v) is 992. The normalized spacial score (nSPS) is 17.0. The van der Waals surface area contributed by atoms with Gasteiger partial charge in [0.2, 0.25) is 0 Å². The number of hydrogen-bond acceptors (Lipinski definition) is 85. The molecular formula is HBS128. The van der Waals surface area contributed by atoms with Gasteiger partial charge in [-0.2, -0.15) is 0 Å². The minimum Gasteiger partial charge on any atom is -0.0917 e. The zero-order valence-electron chi connectivity index (χ0n) is 52.9. The Morgan fingerprint density at radius 3 is 0.178 bits per heavy atom. The van der Waals surface area contributed by atoms with Gasteiger partial charge in [-0.1, -0.05) is 11.7 Å². The third kappa shape index (κ3) is 25.1. The van der Waals surface area contributed by atoms with E-state index in [0.29, 0.717) is 0 Å². The average Bonchev–Trinajstić information content (AvgIpc) is 0.684. The third-order valence-corrected chi connectivity index (χ3v) is 831. The van der Waals surface area contributed by atoms with Crippen molar-refractivity contribution in [2.45, 2.75) is 0 Å². The molecule has 0 radical (unpaired) electrons. The summed E-state index contributed by atoms with van der Waals surface area (Å²) in [5.41, 5.74) is 1.01. The van der Waals surface area contributed by atoms with Crippen molar-refractivity contribution in [1.82, 2.24) is 0 Å². The molecule has 0 aromatic rings. The molecule has 0 rings (SSSR count). The van der Waals surface area contributed by atoms with Crippen LogP contribution in [0.1, 0.15) is 0 Å². The smallest absolute Gasteiger partial charge is 0.0917 e. The molecule has 129 heavy (non-hydrogen) atoms. The Balaban J connectivity index is 8.97. The van der Waals surface area contributed by atoms with Gasteiger partial charge >= 0.3 is 327 Å². The Kier molecular flexibility index (Phi) is 64.2. The topological polar surface area (TPSA) is 0 Å². The van der Waals surface area contributed by atoms with Gasteiger partial charge in [0, 0.05) is 156 Å². The van der Waals surface area contributed by atoms with E-state index in [0.717, 1.165) is 5.43 Å². The molecule has 0 nitrogen and oxygen atoms in total. The summed E-state index contributed by atoms with van der Waals surface area (Å²) in [6.45, 7) is 0. The van der Waals surface area contributed by atoms with Crippen LogP contribution in [0.5, 0.6) is 0 Å². The van der Waals surface area contributed by atoms with Crippen LogP contribution >= 0.6 is 23.7 Å². The van der Waals surface area contributed by atoms with E-state index >= 15 is 0 Å². The molecule has 0 saturated carbocycles. The van der Waals surface area contributed by atoms with Crippen molar-refractivity contribution < 1.29 is 0 Å².